The molecule has 0 saturated carbocycles. The van der Waals surface area contributed by atoms with E-state index in [1.54, 1.807) is 0 Å². The molecule has 0 unspecified atom stereocenters. The molecule has 7 nitrogen and oxygen atoms in total. The van der Waals surface area contributed by atoms with E-state index < -0.39 is 11.9 Å². The van der Waals surface area contributed by atoms with Crippen LogP contribution in [-0.4, -0.2) is 33.0 Å². The highest BCUT2D eigenvalue weighted by Gasteiger charge is 2.16. The van der Waals surface area contributed by atoms with Gasteiger partial charge in [-0.2, -0.15) is 10.2 Å². The lowest BCUT2D eigenvalue weighted by Crippen LogP contribution is -2.22. The van der Waals surface area contributed by atoms with Crippen molar-refractivity contribution in [3.63, 3.8) is 0 Å². The minimum atomic E-state index is -1.17. The minimum Gasteiger partial charge on any atom is -0.477 e. The van der Waals surface area contributed by atoms with Crippen LogP contribution in [0.2, 0.25) is 5.02 Å². The number of nitrogens with zero attached hydrogens (tertiary/aromatic N) is 3. The Morgan fingerprint density at radius 2 is 2.25 bits per heavy atom. The largest absolute Gasteiger partial charge is 0.477 e. The predicted molar refractivity (Wildman–Crippen MR) is 81.4 cm³/mol. The first-order valence-electron chi connectivity index (χ1n) is 5.21. The second-order valence-electron chi connectivity index (χ2n) is 3.32. The van der Waals surface area contributed by atoms with Crippen molar-refractivity contribution in [2.45, 2.75) is 13.5 Å². The number of hydrazone groups is 1. The summed E-state index contributed by atoms with van der Waals surface area (Å²) in [6.07, 6.45) is 2.50. The molecule has 0 aromatic carbocycles. The Morgan fingerprint density at radius 1 is 1.60 bits per heavy atom. The third-order valence-electron chi connectivity index (χ3n) is 2.05. The second-order valence-corrected chi connectivity index (χ2v) is 5.38. The number of aryl methyl sites for hydroxylation is 1. The summed E-state index contributed by atoms with van der Waals surface area (Å²) in [5, 5.41) is 16.5. The van der Waals surface area contributed by atoms with Crippen LogP contribution in [0, 0.1) is 0 Å². The number of carboxylic acids is 1. The summed E-state index contributed by atoms with van der Waals surface area (Å²) in [4.78, 5) is 22.5. The highest BCUT2D eigenvalue weighted by atomic mass is 79.9. The molecule has 0 aliphatic carbocycles. The van der Waals surface area contributed by atoms with E-state index in [-0.39, 0.29) is 19.7 Å². The van der Waals surface area contributed by atoms with E-state index in [4.69, 9.17) is 16.7 Å². The number of allylic oxidation sites excluding steroid dienone is 1. The van der Waals surface area contributed by atoms with Crippen LogP contribution in [0.1, 0.15) is 17.4 Å². The lowest BCUT2D eigenvalue weighted by atomic mass is 10.4. The fourth-order valence-corrected chi connectivity index (χ4v) is 1.79. The third-order valence-corrected chi connectivity index (χ3v) is 4.23. The summed E-state index contributed by atoms with van der Waals surface area (Å²) < 4.78 is 1.47. The van der Waals surface area contributed by atoms with Crippen LogP contribution in [0.25, 0.3) is 0 Å². The Hall–Kier alpha value is -1.19. The number of amides is 1. The van der Waals surface area contributed by atoms with E-state index in [2.05, 4.69) is 47.5 Å². The molecule has 1 rings (SSSR count). The molecule has 10 heteroatoms. The number of aliphatic carboxylic acids is 1. The normalized spacial score (nSPS) is 12.4. The van der Waals surface area contributed by atoms with Gasteiger partial charge in [0.25, 0.3) is 5.91 Å². The Bertz CT molecular complexity index is 597. The zero-order chi connectivity index (χ0) is 15.3. The molecule has 108 valence electrons. The van der Waals surface area contributed by atoms with Crippen molar-refractivity contribution in [3.8, 4) is 0 Å². The number of hydrogen-bond acceptors (Lipinski definition) is 4. The number of rotatable bonds is 5. The van der Waals surface area contributed by atoms with Crippen molar-refractivity contribution < 1.29 is 14.7 Å². The topological polar surface area (TPSA) is 96.6 Å². The number of nitrogens with one attached hydrogen (secondary N) is 1. The van der Waals surface area contributed by atoms with Gasteiger partial charge in [-0.1, -0.05) is 11.6 Å². The molecular formula is C10H9Br2ClN4O3. The molecule has 1 aromatic rings. The molecule has 20 heavy (non-hydrogen) atoms. The molecular weight excluding hydrogens is 419 g/mol. The average Bonchev–Trinajstić information content (AvgIpc) is 2.78. The molecule has 0 spiro atoms. The van der Waals surface area contributed by atoms with Crippen molar-refractivity contribution in [1.82, 2.24) is 15.2 Å². The second kappa shape index (κ2) is 7.55. The first kappa shape index (κ1) is 16.9. The molecule has 0 bridgehead atoms. The summed E-state index contributed by atoms with van der Waals surface area (Å²) in [5.41, 5.74) is 2.42. The van der Waals surface area contributed by atoms with E-state index in [0.717, 1.165) is 6.21 Å². The molecule has 0 saturated heterocycles. The summed E-state index contributed by atoms with van der Waals surface area (Å²) in [7, 11) is 0. The van der Waals surface area contributed by atoms with Gasteiger partial charge in [-0.3, -0.25) is 9.48 Å². The van der Waals surface area contributed by atoms with Gasteiger partial charge in [0.05, 0.1) is 21.9 Å². The minimum absolute atomic E-state index is 0.118. The van der Waals surface area contributed by atoms with Gasteiger partial charge in [-0.15, -0.1) is 0 Å². The summed E-state index contributed by atoms with van der Waals surface area (Å²) in [6.45, 7) is 2.29. The first-order chi connectivity index (χ1) is 9.38. The maximum absolute atomic E-state index is 11.9. The van der Waals surface area contributed by atoms with Gasteiger partial charge >= 0.3 is 5.97 Å². The van der Waals surface area contributed by atoms with Gasteiger partial charge in [0.1, 0.15) is 10.2 Å². The number of aromatic nitrogens is 2. The Labute approximate surface area is 135 Å². The zero-order valence-electron chi connectivity index (χ0n) is 10.1. The molecule has 0 radical (unpaired) electrons. The summed E-state index contributed by atoms with van der Waals surface area (Å²) >= 11 is 11.7. The first-order valence-corrected chi connectivity index (χ1v) is 7.18. The smallest absolute Gasteiger partial charge is 0.344 e. The molecule has 1 heterocycles. The van der Waals surface area contributed by atoms with Crippen LogP contribution in [0.3, 0.4) is 0 Å². The molecule has 0 atom stereocenters. The van der Waals surface area contributed by atoms with Crippen molar-refractivity contribution in [2.24, 2.45) is 5.10 Å². The molecule has 0 fully saturated rings. The van der Waals surface area contributed by atoms with E-state index in [1.165, 1.54) is 10.9 Å². The lowest BCUT2D eigenvalue weighted by Gasteiger charge is -2.03. The molecule has 0 aliphatic rings. The van der Waals surface area contributed by atoms with Gasteiger partial charge in [0.2, 0.25) is 0 Å². The quantitative estimate of drug-likeness (QED) is 0.428. The number of carbonyl (C=O) groups excluding carboxylic acids is 1. The maximum Gasteiger partial charge on any atom is 0.344 e. The third kappa shape index (κ3) is 4.15. The van der Waals surface area contributed by atoms with Gasteiger partial charge in [-0.25, -0.2) is 10.2 Å². The fraction of sp³-hybridized carbons (Fsp3) is 0.200. The van der Waals surface area contributed by atoms with Crippen molar-refractivity contribution >= 4 is 61.6 Å². The monoisotopic (exact) mass is 426 g/mol. The van der Waals surface area contributed by atoms with Gasteiger partial charge < -0.3 is 5.11 Å². The van der Waals surface area contributed by atoms with Crippen LogP contribution >= 0.6 is 43.5 Å². The molecule has 0 aliphatic heterocycles. The Kier molecular flexibility index (Phi) is 6.37. The zero-order valence-corrected chi connectivity index (χ0v) is 14.0. The van der Waals surface area contributed by atoms with Crippen molar-refractivity contribution in [1.29, 1.82) is 0 Å². The van der Waals surface area contributed by atoms with Crippen molar-refractivity contribution in [2.75, 3.05) is 0 Å². The van der Waals surface area contributed by atoms with E-state index in [0.29, 0.717) is 6.54 Å². The average molecular weight is 428 g/mol. The van der Waals surface area contributed by atoms with E-state index in [9.17, 15) is 9.59 Å². The van der Waals surface area contributed by atoms with Gasteiger partial charge in [-0.05, 0) is 38.8 Å². The summed E-state index contributed by atoms with van der Waals surface area (Å²) in [6, 6.07) is 0. The number of carboxylic acid groups (broad SMARTS) is 1. The highest BCUT2D eigenvalue weighted by molar-refractivity contribution is 9.14. The number of carbonyl (C=O) groups is 2. The lowest BCUT2D eigenvalue weighted by molar-refractivity contribution is -0.131. The van der Waals surface area contributed by atoms with Crippen LogP contribution < -0.4 is 5.43 Å². The van der Waals surface area contributed by atoms with E-state index in [1.807, 2.05) is 6.92 Å². The highest BCUT2D eigenvalue weighted by Crippen LogP contribution is 2.16. The fourth-order valence-electron chi connectivity index (χ4n) is 1.19. The standard InChI is InChI=1S/C10H9Br2ClN4O3/c1-2-17-8(6(13)4-15-17)9(18)16-14-3-5(11)7(12)10(19)20/h3-4H,2H2,1H3,(H,16,18)(H,19,20)/b7-5+,14-3+. The Morgan fingerprint density at radius 3 is 2.80 bits per heavy atom. The number of hydrogen-bond donors (Lipinski definition) is 2. The number of halogens is 3. The molecule has 1 amide bonds. The van der Waals surface area contributed by atoms with Crippen LogP contribution in [0.5, 0.6) is 0 Å². The van der Waals surface area contributed by atoms with Gasteiger partial charge in [0, 0.05) is 6.54 Å². The van der Waals surface area contributed by atoms with Crippen LogP contribution in [-0.2, 0) is 11.3 Å². The molecule has 1 aromatic heterocycles. The summed E-state index contributed by atoms with van der Waals surface area (Å²) in [5.74, 6) is -1.71. The van der Waals surface area contributed by atoms with E-state index >= 15 is 0 Å². The van der Waals surface area contributed by atoms with Gasteiger partial charge in [0.15, 0.2) is 0 Å². The Balaban J connectivity index is 2.80. The SMILES string of the molecule is CCn1ncc(Cl)c1C(=O)N/N=C/C(Br)=C(\Br)C(=O)O. The van der Waals surface area contributed by atoms with Crippen LogP contribution in [0.15, 0.2) is 20.3 Å². The predicted octanol–water partition coefficient (Wildman–Crippen LogP) is 2.36. The maximum atomic E-state index is 11.9. The van der Waals surface area contributed by atoms with Crippen molar-refractivity contribution in [3.05, 3.63) is 25.9 Å². The molecule has 2 N–H and O–H groups in total. The van der Waals surface area contributed by atoms with Crippen LogP contribution in [0.4, 0.5) is 0 Å².